The lowest BCUT2D eigenvalue weighted by Crippen LogP contribution is -2.03. The van der Waals surface area contributed by atoms with Gasteiger partial charge in [0.2, 0.25) is 0 Å². The molecule has 0 aliphatic carbocycles. The van der Waals surface area contributed by atoms with Crippen molar-refractivity contribution in [1.29, 1.82) is 0 Å². The fourth-order valence-corrected chi connectivity index (χ4v) is 2.32. The third-order valence-corrected chi connectivity index (χ3v) is 3.52. The molecule has 0 saturated heterocycles. The van der Waals surface area contributed by atoms with Gasteiger partial charge in [0.15, 0.2) is 5.82 Å². The maximum absolute atomic E-state index is 5.87. The van der Waals surface area contributed by atoms with Crippen molar-refractivity contribution >= 4 is 22.6 Å². The molecule has 4 aromatic rings. The third kappa shape index (κ3) is 2.33. The molecule has 0 atom stereocenters. The summed E-state index contributed by atoms with van der Waals surface area (Å²) < 4.78 is 7.03. The number of rotatable bonds is 3. The largest absolute Gasteiger partial charge is 0.334 e. The van der Waals surface area contributed by atoms with Crippen LogP contribution in [0.2, 0.25) is 5.02 Å². The lowest BCUT2D eigenvalue weighted by atomic mass is 10.2. The Hall–Kier alpha value is -2.73. The fraction of sp³-hybridized carbons (Fsp3) is 0.0667. The van der Waals surface area contributed by atoms with Gasteiger partial charge >= 0.3 is 0 Å². The highest BCUT2D eigenvalue weighted by Gasteiger charge is 2.11. The molecule has 0 aliphatic heterocycles. The van der Waals surface area contributed by atoms with Crippen LogP contribution in [-0.4, -0.2) is 25.1 Å². The molecule has 2 aromatic heterocycles. The van der Waals surface area contributed by atoms with E-state index in [1.165, 1.54) is 0 Å². The van der Waals surface area contributed by atoms with Crippen molar-refractivity contribution in [2.75, 3.05) is 0 Å². The third-order valence-electron chi connectivity index (χ3n) is 3.27. The summed E-state index contributed by atoms with van der Waals surface area (Å²) in [6.07, 6.45) is 0. The minimum absolute atomic E-state index is 0.400. The summed E-state index contributed by atoms with van der Waals surface area (Å²) in [6, 6.07) is 15.0. The molecule has 4 rings (SSSR count). The number of fused-ring (bicyclic) bond motifs is 1. The van der Waals surface area contributed by atoms with E-state index in [9.17, 15) is 0 Å². The number of halogens is 1. The fourth-order valence-electron chi connectivity index (χ4n) is 2.20. The Morgan fingerprint density at radius 1 is 1.05 bits per heavy atom. The molecule has 0 aliphatic rings. The van der Waals surface area contributed by atoms with Crippen LogP contribution in [0.1, 0.15) is 5.82 Å². The summed E-state index contributed by atoms with van der Waals surface area (Å²) in [5.74, 6) is 0.997. The highest BCUT2D eigenvalue weighted by atomic mass is 35.5. The molecule has 6 nitrogen and oxygen atoms in total. The average molecular weight is 312 g/mol. The van der Waals surface area contributed by atoms with Crippen molar-refractivity contribution in [2.24, 2.45) is 0 Å². The van der Waals surface area contributed by atoms with Gasteiger partial charge in [0.1, 0.15) is 12.1 Å². The first-order chi connectivity index (χ1) is 10.8. The van der Waals surface area contributed by atoms with Gasteiger partial charge in [-0.25, -0.2) is 4.68 Å². The monoisotopic (exact) mass is 311 g/mol. The van der Waals surface area contributed by atoms with Crippen LogP contribution in [0.4, 0.5) is 0 Å². The van der Waals surface area contributed by atoms with Gasteiger partial charge in [-0.1, -0.05) is 34.1 Å². The highest BCUT2D eigenvalue weighted by molar-refractivity contribution is 6.30. The summed E-state index contributed by atoms with van der Waals surface area (Å²) in [4.78, 5) is 4.38. The van der Waals surface area contributed by atoms with Crippen LogP contribution < -0.4 is 0 Å². The number of hydrogen-bond donors (Lipinski definition) is 0. The van der Waals surface area contributed by atoms with Gasteiger partial charge in [0.25, 0.3) is 5.89 Å². The average Bonchev–Trinajstić information content (AvgIpc) is 3.16. The second-order valence-electron chi connectivity index (χ2n) is 4.76. The van der Waals surface area contributed by atoms with E-state index in [1.807, 2.05) is 36.4 Å². The van der Waals surface area contributed by atoms with Crippen LogP contribution in [0.5, 0.6) is 0 Å². The number of benzene rings is 2. The first-order valence-electron chi connectivity index (χ1n) is 6.66. The van der Waals surface area contributed by atoms with Gasteiger partial charge in [-0.15, -0.1) is 5.10 Å². The number of nitrogens with zero attached hydrogens (tertiary/aromatic N) is 5. The molecule has 0 amide bonds. The molecule has 2 heterocycles. The molecule has 0 N–H and O–H groups in total. The zero-order valence-corrected chi connectivity index (χ0v) is 12.1. The molecular weight excluding hydrogens is 302 g/mol. The van der Waals surface area contributed by atoms with Crippen LogP contribution in [0.25, 0.3) is 22.5 Å². The first kappa shape index (κ1) is 13.0. The van der Waals surface area contributed by atoms with Crippen molar-refractivity contribution < 1.29 is 4.52 Å². The van der Waals surface area contributed by atoms with E-state index in [4.69, 9.17) is 16.1 Å². The van der Waals surface area contributed by atoms with Gasteiger partial charge in [-0.3, -0.25) is 0 Å². The summed E-state index contributed by atoms with van der Waals surface area (Å²) >= 11 is 5.87. The van der Waals surface area contributed by atoms with Crippen LogP contribution in [0.3, 0.4) is 0 Å². The van der Waals surface area contributed by atoms with E-state index in [2.05, 4.69) is 20.5 Å². The van der Waals surface area contributed by atoms with E-state index in [0.717, 1.165) is 16.6 Å². The molecule has 2 aromatic carbocycles. The van der Waals surface area contributed by atoms with E-state index in [0.29, 0.717) is 23.3 Å². The van der Waals surface area contributed by atoms with Gasteiger partial charge in [0.05, 0.1) is 5.52 Å². The molecule has 7 heteroatoms. The minimum atomic E-state index is 0.400. The van der Waals surface area contributed by atoms with Crippen molar-refractivity contribution in [2.45, 2.75) is 6.54 Å². The Kier molecular flexibility index (Phi) is 3.08. The Bertz CT molecular complexity index is 928. The van der Waals surface area contributed by atoms with E-state index in [-0.39, 0.29) is 0 Å². The molecule has 0 unspecified atom stereocenters. The summed E-state index contributed by atoms with van der Waals surface area (Å²) in [5.41, 5.74) is 2.59. The Balaban J connectivity index is 1.63. The topological polar surface area (TPSA) is 69.6 Å². The Morgan fingerprint density at radius 3 is 2.73 bits per heavy atom. The van der Waals surface area contributed by atoms with Crippen LogP contribution in [-0.2, 0) is 6.54 Å². The molecule has 0 fully saturated rings. The molecule has 0 saturated carbocycles. The SMILES string of the molecule is Clc1ccc(-c2nc(Cn3nnc4ccccc43)no2)cc1. The quantitative estimate of drug-likeness (QED) is 0.581. The highest BCUT2D eigenvalue weighted by Crippen LogP contribution is 2.20. The molecule has 108 valence electrons. The molecule has 0 spiro atoms. The van der Waals surface area contributed by atoms with Crippen molar-refractivity contribution in [3.8, 4) is 11.5 Å². The van der Waals surface area contributed by atoms with Gasteiger partial charge in [0, 0.05) is 10.6 Å². The predicted octanol–water partition coefficient (Wildman–Crippen LogP) is 3.18. The second kappa shape index (κ2) is 5.23. The smallest absolute Gasteiger partial charge is 0.257 e. The van der Waals surface area contributed by atoms with Crippen molar-refractivity contribution in [1.82, 2.24) is 25.1 Å². The van der Waals surface area contributed by atoms with Crippen LogP contribution in [0.15, 0.2) is 53.1 Å². The predicted molar refractivity (Wildman–Crippen MR) is 81.4 cm³/mol. The standard InChI is InChI=1S/C15H10ClN5O/c16-11-7-5-10(6-8-11)15-17-14(19-22-15)9-21-13-4-2-1-3-12(13)18-20-21/h1-8H,9H2. The summed E-state index contributed by atoms with van der Waals surface area (Å²) in [5, 5.41) is 12.9. The lowest BCUT2D eigenvalue weighted by Gasteiger charge is -1.96. The minimum Gasteiger partial charge on any atom is -0.334 e. The Morgan fingerprint density at radius 2 is 1.86 bits per heavy atom. The number of hydrogen-bond acceptors (Lipinski definition) is 5. The van der Waals surface area contributed by atoms with E-state index in [1.54, 1.807) is 16.8 Å². The number of aromatic nitrogens is 5. The first-order valence-corrected chi connectivity index (χ1v) is 7.04. The van der Waals surface area contributed by atoms with E-state index >= 15 is 0 Å². The van der Waals surface area contributed by atoms with Gasteiger partial charge in [-0.2, -0.15) is 4.98 Å². The summed E-state index contributed by atoms with van der Waals surface area (Å²) in [6.45, 7) is 0.400. The molecule has 0 radical (unpaired) electrons. The maximum Gasteiger partial charge on any atom is 0.257 e. The van der Waals surface area contributed by atoms with Crippen LogP contribution >= 0.6 is 11.6 Å². The van der Waals surface area contributed by atoms with Gasteiger partial charge in [-0.05, 0) is 36.4 Å². The molecule has 0 bridgehead atoms. The zero-order valence-electron chi connectivity index (χ0n) is 11.3. The lowest BCUT2D eigenvalue weighted by molar-refractivity contribution is 0.419. The van der Waals surface area contributed by atoms with E-state index < -0.39 is 0 Å². The number of para-hydroxylation sites is 1. The Labute approximate surface area is 130 Å². The van der Waals surface area contributed by atoms with Crippen molar-refractivity contribution in [3.63, 3.8) is 0 Å². The molecular formula is C15H10ClN5O. The summed E-state index contributed by atoms with van der Waals surface area (Å²) in [7, 11) is 0. The van der Waals surface area contributed by atoms with Crippen molar-refractivity contribution in [3.05, 3.63) is 59.4 Å². The van der Waals surface area contributed by atoms with Gasteiger partial charge < -0.3 is 4.52 Å². The zero-order chi connectivity index (χ0) is 14.9. The second-order valence-corrected chi connectivity index (χ2v) is 5.19. The normalized spacial score (nSPS) is 11.1. The maximum atomic E-state index is 5.87. The van der Waals surface area contributed by atoms with Crippen LogP contribution in [0, 0.1) is 0 Å². The molecule has 22 heavy (non-hydrogen) atoms.